The molecule has 0 aromatic heterocycles. The van der Waals surface area contributed by atoms with Crippen molar-refractivity contribution in [2.45, 2.75) is 33.1 Å². The molecule has 0 saturated carbocycles. The van der Waals surface area contributed by atoms with Crippen molar-refractivity contribution < 1.29 is 9.53 Å². The van der Waals surface area contributed by atoms with Crippen LogP contribution in [0.15, 0.2) is 12.1 Å². The lowest BCUT2D eigenvalue weighted by Crippen LogP contribution is -2.08. The van der Waals surface area contributed by atoms with Gasteiger partial charge in [-0.15, -0.1) is 0 Å². The molecule has 17 heavy (non-hydrogen) atoms. The van der Waals surface area contributed by atoms with Crippen LogP contribution in [0.25, 0.3) is 0 Å². The molecule has 3 heteroatoms. The first kappa shape index (κ1) is 13.2. The van der Waals surface area contributed by atoms with Gasteiger partial charge in [-0.05, 0) is 35.6 Å². The average Bonchev–Trinajstić information content (AvgIpc) is 2.37. The quantitative estimate of drug-likeness (QED) is 0.748. The highest BCUT2D eigenvalue weighted by Crippen LogP contribution is 2.19. The number of aryl methyl sites for hydroxylation is 2. The SMILES string of the molecule is CCc1cc(CC)c(CC(=O)OC)cc1C#N. The van der Waals surface area contributed by atoms with Crippen molar-refractivity contribution in [3.05, 3.63) is 34.4 Å². The summed E-state index contributed by atoms with van der Waals surface area (Å²) in [6.07, 6.45) is 1.91. The summed E-state index contributed by atoms with van der Waals surface area (Å²) < 4.78 is 4.66. The number of hydrogen-bond acceptors (Lipinski definition) is 3. The van der Waals surface area contributed by atoms with Gasteiger partial charge < -0.3 is 4.74 Å². The van der Waals surface area contributed by atoms with Gasteiger partial charge >= 0.3 is 5.97 Å². The minimum Gasteiger partial charge on any atom is -0.469 e. The molecule has 0 aliphatic carbocycles. The molecule has 1 aromatic carbocycles. The van der Waals surface area contributed by atoms with Crippen molar-refractivity contribution in [2.75, 3.05) is 7.11 Å². The van der Waals surface area contributed by atoms with Crippen LogP contribution in [0.3, 0.4) is 0 Å². The fourth-order valence-electron chi connectivity index (χ4n) is 1.86. The first-order chi connectivity index (χ1) is 8.15. The molecule has 0 aliphatic heterocycles. The fraction of sp³-hybridized carbons (Fsp3) is 0.429. The van der Waals surface area contributed by atoms with Crippen LogP contribution < -0.4 is 0 Å². The van der Waals surface area contributed by atoms with E-state index in [0.29, 0.717) is 5.56 Å². The Balaban J connectivity index is 3.20. The fourth-order valence-corrected chi connectivity index (χ4v) is 1.86. The van der Waals surface area contributed by atoms with Crippen LogP contribution in [-0.4, -0.2) is 13.1 Å². The third-order valence-electron chi connectivity index (χ3n) is 2.87. The lowest BCUT2D eigenvalue weighted by molar-refractivity contribution is -0.139. The van der Waals surface area contributed by atoms with Crippen LogP contribution in [0.1, 0.15) is 36.1 Å². The van der Waals surface area contributed by atoms with Gasteiger partial charge in [0.1, 0.15) is 0 Å². The minimum absolute atomic E-state index is 0.234. The van der Waals surface area contributed by atoms with Gasteiger partial charge in [-0.25, -0.2) is 0 Å². The van der Waals surface area contributed by atoms with Crippen LogP contribution in [0.4, 0.5) is 0 Å². The second-order valence-corrected chi connectivity index (χ2v) is 3.85. The molecule has 90 valence electrons. The number of hydrogen-bond donors (Lipinski definition) is 0. The zero-order valence-corrected chi connectivity index (χ0v) is 10.5. The number of carbonyl (C=O) groups excluding carboxylic acids is 1. The van der Waals surface area contributed by atoms with Gasteiger partial charge in [0.2, 0.25) is 0 Å². The predicted molar refractivity (Wildman–Crippen MR) is 65.6 cm³/mol. The number of nitrogens with zero attached hydrogens (tertiary/aromatic N) is 1. The van der Waals surface area contributed by atoms with E-state index >= 15 is 0 Å². The Labute approximate surface area is 102 Å². The molecule has 1 rings (SSSR count). The summed E-state index contributed by atoms with van der Waals surface area (Å²) in [5.41, 5.74) is 3.71. The van der Waals surface area contributed by atoms with E-state index in [1.807, 2.05) is 26.0 Å². The van der Waals surface area contributed by atoms with Crippen LogP contribution >= 0.6 is 0 Å². The Kier molecular flexibility index (Phi) is 4.71. The molecule has 0 spiro atoms. The van der Waals surface area contributed by atoms with Gasteiger partial charge in [-0.1, -0.05) is 19.9 Å². The molecule has 0 saturated heterocycles. The summed E-state index contributed by atoms with van der Waals surface area (Å²) in [6.45, 7) is 4.07. The Morgan fingerprint density at radius 3 is 2.35 bits per heavy atom. The highest BCUT2D eigenvalue weighted by molar-refractivity contribution is 5.73. The Morgan fingerprint density at radius 2 is 1.88 bits per heavy atom. The molecule has 0 atom stereocenters. The van der Waals surface area contributed by atoms with Crippen molar-refractivity contribution in [1.82, 2.24) is 0 Å². The third kappa shape index (κ3) is 3.07. The summed E-state index contributed by atoms with van der Waals surface area (Å²) in [5, 5.41) is 9.06. The number of carbonyl (C=O) groups is 1. The maximum absolute atomic E-state index is 11.3. The van der Waals surface area contributed by atoms with E-state index in [1.54, 1.807) is 0 Å². The first-order valence-corrected chi connectivity index (χ1v) is 5.77. The molecule has 3 nitrogen and oxygen atoms in total. The molecule has 0 radical (unpaired) electrons. The van der Waals surface area contributed by atoms with Crippen molar-refractivity contribution >= 4 is 5.97 Å². The molecule has 0 amide bonds. The van der Waals surface area contributed by atoms with Crippen LogP contribution in [-0.2, 0) is 28.8 Å². The van der Waals surface area contributed by atoms with Crippen LogP contribution in [0, 0.1) is 11.3 Å². The number of esters is 1. The van der Waals surface area contributed by atoms with Gasteiger partial charge in [0.15, 0.2) is 0 Å². The zero-order chi connectivity index (χ0) is 12.8. The second kappa shape index (κ2) is 6.05. The van der Waals surface area contributed by atoms with E-state index < -0.39 is 0 Å². The van der Waals surface area contributed by atoms with Crippen molar-refractivity contribution in [2.24, 2.45) is 0 Å². The normalized spacial score (nSPS) is 9.76. The highest BCUT2D eigenvalue weighted by Gasteiger charge is 2.11. The Bertz CT molecular complexity index is 458. The number of methoxy groups -OCH3 is 1. The van der Waals surface area contributed by atoms with Gasteiger partial charge in [0, 0.05) is 0 Å². The first-order valence-electron chi connectivity index (χ1n) is 5.77. The van der Waals surface area contributed by atoms with Gasteiger partial charge in [0.05, 0.1) is 25.2 Å². The maximum atomic E-state index is 11.3. The number of ether oxygens (including phenoxy) is 1. The summed E-state index contributed by atoms with van der Waals surface area (Å²) in [7, 11) is 1.37. The molecule has 0 bridgehead atoms. The van der Waals surface area contributed by atoms with E-state index in [4.69, 9.17) is 5.26 Å². The number of nitriles is 1. The van der Waals surface area contributed by atoms with Gasteiger partial charge in [0.25, 0.3) is 0 Å². The zero-order valence-electron chi connectivity index (χ0n) is 10.5. The Hall–Kier alpha value is -1.82. The van der Waals surface area contributed by atoms with E-state index in [-0.39, 0.29) is 12.4 Å². The number of rotatable bonds is 4. The van der Waals surface area contributed by atoms with Crippen molar-refractivity contribution in [3.63, 3.8) is 0 Å². The molecule has 0 aliphatic rings. The van der Waals surface area contributed by atoms with Crippen molar-refractivity contribution in [1.29, 1.82) is 5.26 Å². The largest absolute Gasteiger partial charge is 0.469 e. The Morgan fingerprint density at radius 1 is 1.24 bits per heavy atom. The number of benzene rings is 1. The lowest BCUT2D eigenvalue weighted by atomic mass is 9.94. The monoisotopic (exact) mass is 231 g/mol. The summed E-state index contributed by atoms with van der Waals surface area (Å²) >= 11 is 0. The molecule has 0 N–H and O–H groups in total. The van der Waals surface area contributed by atoms with Gasteiger partial charge in [-0.3, -0.25) is 4.79 Å². The van der Waals surface area contributed by atoms with Crippen molar-refractivity contribution in [3.8, 4) is 6.07 Å². The van der Waals surface area contributed by atoms with E-state index in [2.05, 4.69) is 10.8 Å². The molecular formula is C14H17NO2. The smallest absolute Gasteiger partial charge is 0.309 e. The summed E-state index contributed by atoms with van der Waals surface area (Å²) in [4.78, 5) is 11.3. The average molecular weight is 231 g/mol. The summed E-state index contributed by atoms with van der Waals surface area (Å²) in [6, 6.07) is 6.02. The molecule has 0 unspecified atom stereocenters. The van der Waals surface area contributed by atoms with Crippen LogP contribution in [0.2, 0.25) is 0 Å². The topological polar surface area (TPSA) is 50.1 Å². The molecule has 0 fully saturated rings. The third-order valence-corrected chi connectivity index (χ3v) is 2.87. The molecule has 0 heterocycles. The van der Waals surface area contributed by atoms with Gasteiger partial charge in [-0.2, -0.15) is 5.26 Å². The summed E-state index contributed by atoms with van der Waals surface area (Å²) in [5.74, 6) is -0.271. The second-order valence-electron chi connectivity index (χ2n) is 3.85. The lowest BCUT2D eigenvalue weighted by Gasteiger charge is -2.10. The highest BCUT2D eigenvalue weighted by atomic mass is 16.5. The molecular weight excluding hydrogens is 214 g/mol. The minimum atomic E-state index is -0.271. The van der Waals surface area contributed by atoms with Crippen LogP contribution in [0.5, 0.6) is 0 Å². The van der Waals surface area contributed by atoms with E-state index in [0.717, 1.165) is 29.5 Å². The van der Waals surface area contributed by atoms with E-state index in [1.165, 1.54) is 7.11 Å². The standard InChI is InChI=1S/C14H17NO2/c1-4-10-6-11(5-2)13(9-15)7-12(10)8-14(16)17-3/h6-7H,4-5,8H2,1-3H3. The predicted octanol–water partition coefficient (Wildman–Crippen LogP) is 2.40. The van der Waals surface area contributed by atoms with E-state index in [9.17, 15) is 4.79 Å². The maximum Gasteiger partial charge on any atom is 0.309 e. The molecule has 1 aromatic rings.